The van der Waals surface area contributed by atoms with Gasteiger partial charge in [-0.3, -0.25) is 13.9 Å². The van der Waals surface area contributed by atoms with Crippen LogP contribution in [0.5, 0.6) is 5.75 Å². The molecule has 0 amide bonds. The Labute approximate surface area is 264 Å². The Bertz CT molecular complexity index is 1720. The summed E-state index contributed by atoms with van der Waals surface area (Å²) in [5.74, 6) is -0.127. The third-order valence-electron chi connectivity index (χ3n) is 8.93. The fraction of sp³-hybridized carbons (Fsp3) is 0.424. The average molecular weight is 639 g/mol. The first kappa shape index (κ1) is 30.9. The monoisotopic (exact) mass is 638 g/mol. The lowest BCUT2D eigenvalue weighted by atomic mass is 9.83. The molecule has 0 saturated carbocycles. The number of esters is 1. The van der Waals surface area contributed by atoms with Crippen molar-refractivity contribution in [2.75, 3.05) is 13.2 Å². The Hall–Kier alpha value is -3.15. The lowest BCUT2D eigenvalue weighted by Gasteiger charge is -2.42. The molecule has 3 aromatic carbocycles. The molecular weight excluding hydrogens is 600 g/mol. The van der Waals surface area contributed by atoms with E-state index in [2.05, 4.69) is 28.5 Å². The smallest absolute Gasteiger partial charge is 0.306 e. The summed E-state index contributed by atoms with van der Waals surface area (Å²) in [6.07, 6.45) is 3.51. The molecule has 2 heterocycles. The van der Waals surface area contributed by atoms with Gasteiger partial charge in [0.25, 0.3) is 0 Å². The highest BCUT2D eigenvalue weighted by Crippen LogP contribution is 2.58. The van der Waals surface area contributed by atoms with Gasteiger partial charge in [0.05, 0.1) is 25.1 Å². The van der Waals surface area contributed by atoms with Crippen molar-refractivity contribution in [3.8, 4) is 5.75 Å². The molecule has 0 bridgehead atoms. The first-order valence-corrected chi connectivity index (χ1v) is 17.1. The molecule has 6 rings (SSSR count). The van der Waals surface area contributed by atoms with Gasteiger partial charge in [-0.2, -0.15) is 4.31 Å². The Morgan fingerprint density at radius 1 is 1.18 bits per heavy atom. The number of aryl methyl sites for hydroxylation is 3. The van der Waals surface area contributed by atoms with Crippen LogP contribution < -0.4 is 4.74 Å². The van der Waals surface area contributed by atoms with E-state index in [9.17, 15) is 13.9 Å². The lowest BCUT2D eigenvalue weighted by Crippen LogP contribution is -2.34. The zero-order valence-electron chi connectivity index (χ0n) is 25.5. The second-order valence-electron chi connectivity index (χ2n) is 11.7. The number of rotatable bonds is 8. The van der Waals surface area contributed by atoms with Crippen molar-refractivity contribution in [2.24, 2.45) is 7.05 Å². The number of ether oxygens (including phenoxy) is 2. The molecule has 0 saturated heterocycles. The SMILES string of the molecule is CCOC(=O)CC(c1cc2c(c(CN3C[C@@H](CC)Oc4cc(Cl)ccc4S3(O)O)c1)CCC2)c1ccc2c(nnn2C)c1C. The van der Waals surface area contributed by atoms with Gasteiger partial charge in [0.15, 0.2) is 0 Å². The third-order valence-corrected chi connectivity index (χ3v) is 11.1. The molecule has 0 radical (unpaired) electrons. The third kappa shape index (κ3) is 5.70. The summed E-state index contributed by atoms with van der Waals surface area (Å²) in [5, 5.41) is 9.09. The van der Waals surface area contributed by atoms with E-state index < -0.39 is 10.8 Å². The quantitative estimate of drug-likeness (QED) is 0.195. The van der Waals surface area contributed by atoms with Crippen LogP contribution in [0.4, 0.5) is 0 Å². The molecule has 4 aromatic rings. The molecule has 11 heteroatoms. The van der Waals surface area contributed by atoms with Crippen molar-refractivity contribution in [1.29, 1.82) is 0 Å². The van der Waals surface area contributed by atoms with E-state index >= 15 is 0 Å². The number of benzene rings is 3. The highest BCUT2D eigenvalue weighted by atomic mass is 35.5. The van der Waals surface area contributed by atoms with Crippen molar-refractivity contribution in [3.05, 3.63) is 80.9 Å². The number of halogens is 1. The summed E-state index contributed by atoms with van der Waals surface area (Å²) in [4.78, 5) is 13.3. The van der Waals surface area contributed by atoms with Crippen LogP contribution in [-0.4, -0.2) is 53.6 Å². The second-order valence-corrected chi connectivity index (χ2v) is 14.1. The van der Waals surface area contributed by atoms with E-state index in [-0.39, 0.29) is 24.4 Å². The van der Waals surface area contributed by atoms with Crippen LogP contribution in [0.15, 0.2) is 47.4 Å². The Kier molecular flexibility index (Phi) is 8.65. The summed E-state index contributed by atoms with van der Waals surface area (Å²) in [7, 11) is -1.51. The predicted molar refractivity (Wildman–Crippen MR) is 172 cm³/mol. The number of hydrogen-bond donors (Lipinski definition) is 2. The number of hydrogen-bond acceptors (Lipinski definition) is 8. The molecule has 2 atom stereocenters. The van der Waals surface area contributed by atoms with Crippen molar-refractivity contribution in [1.82, 2.24) is 19.3 Å². The molecule has 1 unspecified atom stereocenters. The van der Waals surface area contributed by atoms with E-state index in [4.69, 9.17) is 21.1 Å². The van der Waals surface area contributed by atoms with Gasteiger partial charge in [0.2, 0.25) is 0 Å². The van der Waals surface area contributed by atoms with Crippen LogP contribution in [0, 0.1) is 6.92 Å². The van der Waals surface area contributed by atoms with Gasteiger partial charge in [0.1, 0.15) is 22.3 Å². The van der Waals surface area contributed by atoms with Gasteiger partial charge in [-0.15, -0.1) is 15.9 Å². The van der Waals surface area contributed by atoms with Crippen LogP contribution in [0.25, 0.3) is 11.0 Å². The minimum absolute atomic E-state index is 0.178. The molecule has 1 aliphatic heterocycles. The van der Waals surface area contributed by atoms with Crippen molar-refractivity contribution >= 4 is 39.4 Å². The minimum atomic E-state index is -3.38. The Morgan fingerprint density at radius 2 is 2.00 bits per heavy atom. The first-order valence-electron chi connectivity index (χ1n) is 15.2. The minimum Gasteiger partial charge on any atom is -0.487 e. The van der Waals surface area contributed by atoms with Gasteiger partial charge < -0.3 is 9.47 Å². The molecule has 44 heavy (non-hydrogen) atoms. The average Bonchev–Trinajstić information content (AvgIpc) is 3.60. The maximum absolute atomic E-state index is 13.0. The first-order chi connectivity index (χ1) is 21.1. The molecule has 2 N–H and O–H groups in total. The van der Waals surface area contributed by atoms with E-state index in [1.54, 1.807) is 27.2 Å². The number of fused-ring (bicyclic) bond motifs is 3. The summed E-state index contributed by atoms with van der Waals surface area (Å²) in [5.41, 5.74) is 8.24. The molecular formula is C33H39ClN4O5S. The van der Waals surface area contributed by atoms with Crippen LogP contribution in [0.3, 0.4) is 0 Å². The van der Waals surface area contributed by atoms with E-state index in [0.29, 0.717) is 41.8 Å². The number of carbonyl (C=O) groups is 1. The number of aromatic nitrogens is 3. The topological polar surface area (TPSA) is 110 Å². The standard InChI is InChI=1S/C33H39ClN4O5S/c1-5-25-19-38(44(40,41)31-13-10-24(34)16-30(31)43-25)18-23-15-22(14-21-8-7-9-27(21)23)28(17-32(39)42-6-2)26-11-12-29-33(20(26)3)35-36-37(29)4/h10-16,25,28,40-41H,5-9,17-19H2,1-4H3/t25-,28?/m1/s1. The largest absolute Gasteiger partial charge is 0.487 e. The fourth-order valence-electron chi connectivity index (χ4n) is 6.63. The Balaban J connectivity index is 1.45. The highest BCUT2D eigenvalue weighted by Gasteiger charge is 2.36. The van der Waals surface area contributed by atoms with Crippen LogP contribution in [-0.2, 0) is 36.0 Å². The highest BCUT2D eigenvalue weighted by molar-refractivity contribution is 8.22. The summed E-state index contributed by atoms with van der Waals surface area (Å²) < 4.78 is 38.6. The van der Waals surface area contributed by atoms with Gasteiger partial charge >= 0.3 is 5.97 Å². The van der Waals surface area contributed by atoms with Crippen molar-refractivity contribution in [2.45, 2.75) is 76.3 Å². The predicted octanol–water partition coefficient (Wildman–Crippen LogP) is 7.20. The van der Waals surface area contributed by atoms with Gasteiger partial charge in [0, 0.05) is 30.6 Å². The second kappa shape index (κ2) is 12.3. The molecule has 1 aromatic heterocycles. The summed E-state index contributed by atoms with van der Waals surface area (Å²) >= 11 is 6.25. The molecule has 0 spiro atoms. The van der Waals surface area contributed by atoms with Crippen LogP contribution in [0.1, 0.15) is 72.4 Å². The summed E-state index contributed by atoms with van der Waals surface area (Å²) in [6, 6.07) is 13.4. The fourth-order valence-corrected chi connectivity index (χ4v) is 8.39. The van der Waals surface area contributed by atoms with Gasteiger partial charge in [-0.05, 0) is 91.1 Å². The van der Waals surface area contributed by atoms with Crippen molar-refractivity contribution < 1.29 is 23.4 Å². The number of nitrogens with zero attached hydrogens (tertiary/aromatic N) is 4. The zero-order valence-corrected chi connectivity index (χ0v) is 27.1. The maximum Gasteiger partial charge on any atom is 0.306 e. The molecule has 0 fully saturated rings. The van der Waals surface area contributed by atoms with Gasteiger partial charge in [-0.1, -0.05) is 41.9 Å². The van der Waals surface area contributed by atoms with E-state index in [1.807, 2.05) is 33.9 Å². The van der Waals surface area contributed by atoms with E-state index in [0.717, 1.165) is 52.5 Å². The molecule has 9 nitrogen and oxygen atoms in total. The molecule has 234 valence electrons. The number of carbonyl (C=O) groups excluding carboxylic acids is 1. The lowest BCUT2D eigenvalue weighted by molar-refractivity contribution is -0.143. The van der Waals surface area contributed by atoms with Crippen LogP contribution >= 0.6 is 22.4 Å². The maximum atomic E-state index is 13.0. The normalized spacial score (nSPS) is 19.1. The molecule has 2 aliphatic rings. The van der Waals surface area contributed by atoms with Crippen LogP contribution in [0.2, 0.25) is 5.02 Å². The summed E-state index contributed by atoms with van der Waals surface area (Å²) in [6.45, 7) is 6.85. The van der Waals surface area contributed by atoms with Crippen molar-refractivity contribution in [3.63, 3.8) is 0 Å². The van der Waals surface area contributed by atoms with E-state index in [1.165, 1.54) is 11.1 Å². The van der Waals surface area contributed by atoms with Gasteiger partial charge in [-0.25, -0.2) is 4.68 Å². The molecule has 1 aliphatic carbocycles. The zero-order chi connectivity index (χ0) is 31.2. The Morgan fingerprint density at radius 3 is 2.77 bits per heavy atom.